The lowest BCUT2D eigenvalue weighted by atomic mass is 10.2. The van der Waals surface area contributed by atoms with E-state index in [-0.39, 0.29) is 11.8 Å². The fourth-order valence-corrected chi connectivity index (χ4v) is 1.82. The minimum absolute atomic E-state index is 0.0411. The van der Waals surface area contributed by atoms with Crippen molar-refractivity contribution >= 4 is 28.9 Å². The van der Waals surface area contributed by atoms with Gasteiger partial charge in [0.2, 0.25) is 5.91 Å². The summed E-state index contributed by atoms with van der Waals surface area (Å²) in [4.78, 5) is 13.9. The third-order valence-electron chi connectivity index (χ3n) is 2.94. The van der Waals surface area contributed by atoms with E-state index >= 15 is 0 Å². The number of hydrogen-bond donors (Lipinski definition) is 1. The third-order valence-corrected chi connectivity index (χ3v) is 3.41. The maximum absolute atomic E-state index is 11.7. The first-order valence-electron chi connectivity index (χ1n) is 6.34. The molecule has 1 atom stereocenters. The number of halogens is 1. The Morgan fingerprint density at radius 3 is 2.28 bits per heavy atom. The third kappa shape index (κ3) is 3.91. The maximum Gasteiger partial charge on any atom is 0.228 e. The van der Waals surface area contributed by atoms with E-state index < -0.39 is 0 Å². The molecule has 0 heterocycles. The van der Waals surface area contributed by atoms with Crippen LogP contribution in [0.1, 0.15) is 20.8 Å². The second-order valence-corrected chi connectivity index (χ2v) is 4.57. The van der Waals surface area contributed by atoms with Gasteiger partial charge < -0.3 is 10.2 Å². The molecule has 0 aromatic heterocycles. The first kappa shape index (κ1) is 14.8. The Kier molecular flexibility index (Phi) is 5.99. The normalized spacial score (nSPS) is 12.0. The summed E-state index contributed by atoms with van der Waals surface area (Å²) in [6.45, 7) is 8.02. The van der Waals surface area contributed by atoms with E-state index in [1.807, 2.05) is 31.2 Å². The summed E-state index contributed by atoms with van der Waals surface area (Å²) in [7, 11) is 0. The van der Waals surface area contributed by atoms with Crippen molar-refractivity contribution in [3.8, 4) is 0 Å². The lowest BCUT2D eigenvalue weighted by Gasteiger charge is -2.21. The number of alkyl halides is 1. The predicted octanol–water partition coefficient (Wildman–Crippen LogP) is 3.35. The topological polar surface area (TPSA) is 32.3 Å². The molecular formula is C14H21ClN2O. The van der Waals surface area contributed by atoms with Crippen LogP contribution in [-0.4, -0.2) is 24.9 Å². The summed E-state index contributed by atoms with van der Waals surface area (Å²) >= 11 is 5.65. The van der Waals surface area contributed by atoms with Gasteiger partial charge in [-0.3, -0.25) is 4.79 Å². The first-order valence-corrected chi connectivity index (χ1v) is 6.87. The van der Waals surface area contributed by atoms with E-state index in [1.54, 1.807) is 0 Å². The van der Waals surface area contributed by atoms with Crippen LogP contribution in [-0.2, 0) is 4.79 Å². The summed E-state index contributed by atoms with van der Waals surface area (Å²) in [5.74, 6) is 0.123. The number of carbonyl (C=O) groups excluding carboxylic acids is 1. The summed E-state index contributed by atoms with van der Waals surface area (Å²) in [5.41, 5.74) is 1.98. The first-order chi connectivity index (χ1) is 8.62. The molecule has 18 heavy (non-hydrogen) atoms. The van der Waals surface area contributed by atoms with Crippen molar-refractivity contribution in [2.75, 3.05) is 29.2 Å². The van der Waals surface area contributed by atoms with Gasteiger partial charge in [0.1, 0.15) is 0 Å². The number of rotatable bonds is 6. The molecule has 0 aliphatic heterocycles. The molecule has 100 valence electrons. The van der Waals surface area contributed by atoms with Crippen LogP contribution in [0.4, 0.5) is 11.4 Å². The molecule has 0 aliphatic carbocycles. The van der Waals surface area contributed by atoms with Gasteiger partial charge in [-0.15, -0.1) is 11.6 Å². The molecule has 0 saturated carbocycles. The van der Waals surface area contributed by atoms with Crippen molar-refractivity contribution in [2.45, 2.75) is 20.8 Å². The van der Waals surface area contributed by atoms with Crippen molar-refractivity contribution in [1.82, 2.24) is 0 Å². The lowest BCUT2D eigenvalue weighted by Crippen LogP contribution is -2.22. The quantitative estimate of drug-likeness (QED) is 0.803. The van der Waals surface area contributed by atoms with Crippen molar-refractivity contribution in [2.24, 2.45) is 5.92 Å². The second kappa shape index (κ2) is 7.27. The van der Waals surface area contributed by atoms with Crippen LogP contribution in [0.5, 0.6) is 0 Å². The average molecular weight is 269 g/mol. The summed E-state index contributed by atoms with van der Waals surface area (Å²) in [6, 6.07) is 7.89. The molecule has 1 rings (SSSR count). The van der Waals surface area contributed by atoms with Crippen molar-refractivity contribution < 1.29 is 4.79 Å². The van der Waals surface area contributed by atoms with Crippen molar-refractivity contribution in [3.63, 3.8) is 0 Å². The molecule has 0 spiro atoms. The Morgan fingerprint density at radius 1 is 1.28 bits per heavy atom. The molecule has 1 aromatic rings. The van der Waals surface area contributed by atoms with Gasteiger partial charge in [0.25, 0.3) is 0 Å². The second-order valence-electron chi connectivity index (χ2n) is 4.26. The van der Waals surface area contributed by atoms with E-state index in [0.29, 0.717) is 5.88 Å². The molecular weight excluding hydrogens is 248 g/mol. The van der Waals surface area contributed by atoms with E-state index in [1.165, 1.54) is 5.69 Å². The van der Waals surface area contributed by atoms with Gasteiger partial charge in [-0.25, -0.2) is 0 Å². The minimum Gasteiger partial charge on any atom is -0.372 e. The number of nitrogens with zero attached hydrogens (tertiary/aromatic N) is 1. The van der Waals surface area contributed by atoms with Crippen LogP contribution in [0.3, 0.4) is 0 Å². The molecule has 0 radical (unpaired) electrons. The molecule has 0 aliphatic rings. The van der Waals surface area contributed by atoms with Crippen LogP contribution >= 0.6 is 11.6 Å². The molecule has 0 saturated heterocycles. The highest BCUT2D eigenvalue weighted by molar-refractivity contribution is 6.19. The Labute approximate surface area is 114 Å². The van der Waals surface area contributed by atoms with Crippen molar-refractivity contribution in [1.29, 1.82) is 0 Å². The van der Waals surface area contributed by atoms with Crippen molar-refractivity contribution in [3.05, 3.63) is 24.3 Å². The lowest BCUT2D eigenvalue weighted by molar-refractivity contribution is -0.118. The average Bonchev–Trinajstić information content (AvgIpc) is 2.41. The van der Waals surface area contributed by atoms with Gasteiger partial charge >= 0.3 is 0 Å². The number of nitrogens with one attached hydrogen (secondary N) is 1. The van der Waals surface area contributed by atoms with Crippen LogP contribution in [0, 0.1) is 5.92 Å². The smallest absolute Gasteiger partial charge is 0.228 e. The van der Waals surface area contributed by atoms with Gasteiger partial charge in [-0.1, -0.05) is 6.92 Å². The molecule has 1 aromatic carbocycles. The highest BCUT2D eigenvalue weighted by Crippen LogP contribution is 2.18. The predicted molar refractivity (Wildman–Crippen MR) is 78.5 cm³/mol. The largest absolute Gasteiger partial charge is 0.372 e. The fraction of sp³-hybridized carbons (Fsp3) is 0.500. The Morgan fingerprint density at radius 2 is 1.83 bits per heavy atom. The SMILES string of the molecule is CCN(CC)c1ccc(NC(=O)C(C)CCl)cc1. The molecule has 1 unspecified atom stereocenters. The van der Waals surface area contributed by atoms with Crippen LogP contribution < -0.4 is 10.2 Å². The monoisotopic (exact) mass is 268 g/mol. The Bertz CT molecular complexity index is 374. The number of amides is 1. The van der Waals surface area contributed by atoms with Gasteiger partial charge in [0.05, 0.1) is 0 Å². The van der Waals surface area contributed by atoms with Crippen LogP contribution in [0.15, 0.2) is 24.3 Å². The highest BCUT2D eigenvalue weighted by atomic mass is 35.5. The zero-order valence-electron chi connectivity index (χ0n) is 11.2. The number of carbonyl (C=O) groups is 1. The van der Waals surface area contributed by atoms with Gasteiger partial charge in [-0.05, 0) is 38.1 Å². The minimum atomic E-state index is -0.172. The molecule has 0 bridgehead atoms. The van der Waals surface area contributed by atoms with E-state index in [2.05, 4.69) is 24.1 Å². The number of anilines is 2. The summed E-state index contributed by atoms with van der Waals surface area (Å²) in [5, 5.41) is 2.85. The van der Waals surface area contributed by atoms with Gasteiger partial charge in [-0.2, -0.15) is 0 Å². The van der Waals surface area contributed by atoms with E-state index in [0.717, 1.165) is 18.8 Å². The van der Waals surface area contributed by atoms with Crippen LogP contribution in [0.2, 0.25) is 0 Å². The summed E-state index contributed by atoms with van der Waals surface area (Å²) in [6.07, 6.45) is 0. The maximum atomic E-state index is 11.7. The van der Waals surface area contributed by atoms with Gasteiger partial charge in [0.15, 0.2) is 0 Å². The fourth-order valence-electron chi connectivity index (χ4n) is 1.68. The zero-order chi connectivity index (χ0) is 13.5. The molecule has 4 heteroatoms. The highest BCUT2D eigenvalue weighted by Gasteiger charge is 2.11. The van der Waals surface area contributed by atoms with E-state index in [9.17, 15) is 4.79 Å². The standard InChI is InChI=1S/C14H21ClN2O/c1-4-17(5-2)13-8-6-12(7-9-13)16-14(18)11(3)10-15/h6-9,11H,4-5,10H2,1-3H3,(H,16,18). The molecule has 3 nitrogen and oxygen atoms in total. The molecule has 0 fully saturated rings. The van der Waals surface area contributed by atoms with Gasteiger partial charge in [0, 0.05) is 36.3 Å². The Balaban J connectivity index is 2.68. The Hall–Kier alpha value is -1.22. The number of benzene rings is 1. The summed E-state index contributed by atoms with van der Waals surface area (Å²) < 4.78 is 0. The number of hydrogen-bond acceptors (Lipinski definition) is 2. The van der Waals surface area contributed by atoms with E-state index in [4.69, 9.17) is 11.6 Å². The molecule has 1 N–H and O–H groups in total. The van der Waals surface area contributed by atoms with Crippen LogP contribution in [0.25, 0.3) is 0 Å². The zero-order valence-corrected chi connectivity index (χ0v) is 12.0. The molecule has 1 amide bonds.